The molecule has 2 heterocycles. The minimum absolute atomic E-state index is 0.0673. The molecule has 1 amide bonds. The summed E-state index contributed by atoms with van der Waals surface area (Å²) in [7, 11) is 0. The summed E-state index contributed by atoms with van der Waals surface area (Å²) in [5, 5.41) is 2.67. The molecular formula is C21H18F2N4O2. The first kappa shape index (κ1) is 20.0. The predicted octanol–water partition coefficient (Wildman–Crippen LogP) is 3.18. The first-order valence-corrected chi connectivity index (χ1v) is 8.61. The SMILES string of the molecule is C#Cc1cnc(C(=O)Nc2ccc(F)c([C@]3(C)C=C(CF)OC(N)=N3)c2)c(C)c1. The fourth-order valence-electron chi connectivity index (χ4n) is 3.04. The van der Waals surface area contributed by atoms with Crippen molar-refractivity contribution >= 4 is 17.6 Å². The minimum atomic E-state index is -1.29. The van der Waals surface area contributed by atoms with Crippen molar-refractivity contribution in [1.82, 2.24) is 4.98 Å². The van der Waals surface area contributed by atoms with Gasteiger partial charge in [-0.15, -0.1) is 6.42 Å². The number of aryl methyl sites for hydroxylation is 1. The first-order chi connectivity index (χ1) is 13.8. The smallest absolute Gasteiger partial charge is 0.288 e. The molecule has 0 bridgehead atoms. The molecule has 0 aliphatic carbocycles. The fraction of sp³-hybridized carbons (Fsp3) is 0.190. The maximum atomic E-state index is 14.5. The number of nitrogens with two attached hydrogens (primary N) is 1. The molecule has 0 spiro atoms. The van der Waals surface area contributed by atoms with Gasteiger partial charge in [-0.2, -0.15) is 0 Å². The lowest BCUT2D eigenvalue weighted by atomic mass is 9.90. The number of allylic oxidation sites excluding steroid dienone is 1. The Hall–Kier alpha value is -3.73. The molecule has 1 aliphatic heterocycles. The van der Waals surface area contributed by atoms with Gasteiger partial charge in [0, 0.05) is 23.0 Å². The number of pyridine rings is 1. The number of rotatable bonds is 4. The molecule has 29 heavy (non-hydrogen) atoms. The molecule has 0 unspecified atom stereocenters. The van der Waals surface area contributed by atoms with E-state index in [1.54, 1.807) is 19.9 Å². The third-order valence-corrected chi connectivity index (χ3v) is 4.38. The van der Waals surface area contributed by atoms with Crippen LogP contribution in [0, 0.1) is 25.1 Å². The molecule has 3 rings (SSSR count). The molecule has 0 saturated carbocycles. The van der Waals surface area contributed by atoms with Crippen LogP contribution in [-0.2, 0) is 10.3 Å². The zero-order valence-electron chi connectivity index (χ0n) is 15.8. The van der Waals surface area contributed by atoms with E-state index >= 15 is 0 Å². The number of aromatic nitrogens is 1. The largest absolute Gasteiger partial charge is 0.428 e. The molecule has 0 radical (unpaired) electrons. The van der Waals surface area contributed by atoms with Crippen LogP contribution in [0.1, 0.15) is 34.1 Å². The highest BCUT2D eigenvalue weighted by Gasteiger charge is 2.32. The zero-order valence-corrected chi connectivity index (χ0v) is 15.8. The van der Waals surface area contributed by atoms with Gasteiger partial charge in [-0.1, -0.05) is 5.92 Å². The van der Waals surface area contributed by atoms with E-state index in [-0.39, 0.29) is 23.0 Å². The monoisotopic (exact) mass is 396 g/mol. The van der Waals surface area contributed by atoms with Crippen LogP contribution < -0.4 is 11.1 Å². The number of carbonyl (C=O) groups is 1. The summed E-state index contributed by atoms with van der Waals surface area (Å²) in [4.78, 5) is 20.8. The van der Waals surface area contributed by atoms with Crippen LogP contribution in [0.5, 0.6) is 0 Å². The van der Waals surface area contributed by atoms with Gasteiger partial charge in [0.1, 0.15) is 29.5 Å². The van der Waals surface area contributed by atoms with Gasteiger partial charge < -0.3 is 15.8 Å². The van der Waals surface area contributed by atoms with Gasteiger partial charge >= 0.3 is 0 Å². The van der Waals surface area contributed by atoms with Crippen molar-refractivity contribution in [3.63, 3.8) is 0 Å². The predicted molar refractivity (Wildman–Crippen MR) is 105 cm³/mol. The Morgan fingerprint density at radius 2 is 2.17 bits per heavy atom. The number of nitrogens with zero attached hydrogens (tertiary/aromatic N) is 2. The lowest BCUT2D eigenvalue weighted by Crippen LogP contribution is -2.31. The second kappa shape index (κ2) is 7.72. The van der Waals surface area contributed by atoms with Crippen molar-refractivity contribution in [3.05, 3.63) is 70.5 Å². The number of ether oxygens (including phenoxy) is 1. The Labute approximate surface area is 166 Å². The van der Waals surface area contributed by atoms with E-state index in [4.69, 9.17) is 16.9 Å². The van der Waals surface area contributed by atoms with E-state index in [0.717, 1.165) is 0 Å². The van der Waals surface area contributed by atoms with Gasteiger partial charge in [-0.25, -0.2) is 18.8 Å². The number of hydrogen-bond acceptors (Lipinski definition) is 5. The van der Waals surface area contributed by atoms with Crippen molar-refractivity contribution in [2.45, 2.75) is 19.4 Å². The molecule has 3 N–H and O–H groups in total. The van der Waals surface area contributed by atoms with Gasteiger partial charge in [0.2, 0.25) is 0 Å². The summed E-state index contributed by atoms with van der Waals surface area (Å²) in [5.74, 6) is 1.31. The average Bonchev–Trinajstić information content (AvgIpc) is 2.68. The van der Waals surface area contributed by atoms with Crippen molar-refractivity contribution < 1.29 is 18.3 Å². The van der Waals surface area contributed by atoms with Crippen LogP contribution in [0.15, 0.2) is 47.3 Å². The van der Waals surface area contributed by atoms with E-state index in [9.17, 15) is 13.6 Å². The van der Waals surface area contributed by atoms with E-state index in [2.05, 4.69) is 21.2 Å². The Morgan fingerprint density at radius 1 is 1.41 bits per heavy atom. The lowest BCUT2D eigenvalue weighted by molar-refractivity contribution is 0.102. The minimum Gasteiger partial charge on any atom is -0.428 e. The molecule has 1 atom stereocenters. The quantitative estimate of drug-likeness (QED) is 0.777. The van der Waals surface area contributed by atoms with Crippen molar-refractivity contribution in [2.75, 3.05) is 12.0 Å². The normalized spacial score (nSPS) is 18.2. The molecular weight excluding hydrogens is 378 g/mol. The Bertz CT molecular complexity index is 1090. The van der Waals surface area contributed by atoms with Gasteiger partial charge in [-0.3, -0.25) is 4.79 Å². The number of terminal acetylenes is 1. The number of alkyl halides is 1. The van der Waals surface area contributed by atoms with E-state index in [1.807, 2.05) is 0 Å². The van der Waals surface area contributed by atoms with Gasteiger partial charge in [0.25, 0.3) is 11.9 Å². The highest BCUT2D eigenvalue weighted by atomic mass is 19.1. The average molecular weight is 396 g/mol. The summed E-state index contributed by atoms with van der Waals surface area (Å²) >= 11 is 0. The van der Waals surface area contributed by atoms with Crippen LogP contribution in [0.3, 0.4) is 0 Å². The topological polar surface area (TPSA) is 89.6 Å². The Morgan fingerprint density at radius 3 is 2.83 bits per heavy atom. The number of carbonyl (C=O) groups excluding carboxylic acids is 1. The molecule has 8 heteroatoms. The van der Waals surface area contributed by atoms with Crippen LogP contribution in [-0.4, -0.2) is 23.6 Å². The van der Waals surface area contributed by atoms with E-state index in [0.29, 0.717) is 16.8 Å². The Balaban J connectivity index is 1.94. The van der Waals surface area contributed by atoms with Crippen LogP contribution in [0.2, 0.25) is 0 Å². The Kier molecular flexibility index (Phi) is 5.33. The van der Waals surface area contributed by atoms with Gasteiger partial charge in [0.05, 0.1) is 0 Å². The molecule has 0 fully saturated rings. The van der Waals surface area contributed by atoms with Gasteiger partial charge in [-0.05, 0) is 49.8 Å². The number of benzene rings is 1. The number of amidine groups is 1. The van der Waals surface area contributed by atoms with Crippen molar-refractivity contribution in [3.8, 4) is 12.3 Å². The summed E-state index contributed by atoms with van der Waals surface area (Å²) in [6.45, 7) is 2.36. The first-order valence-electron chi connectivity index (χ1n) is 8.61. The fourth-order valence-corrected chi connectivity index (χ4v) is 3.04. The molecule has 1 aromatic heterocycles. The maximum Gasteiger partial charge on any atom is 0.288 e. The zero-order chi connectivity index (χ0) is 21.2. The molecule has 1 aromatic carbocycles. The second-order valence-corrected chi connectivity index (χ2v) is 6.63. The lowest BCUT2D eigenvalue weighted by Gasteiger charge is -2.28. The van der Waals surface area contributed by atoms with Crippen LogP contribution in [0.4, 0.5) is 14.5 Å². The molecule has 148 valence electrons. The molecule has 2 aromatic rings. The van der Waals surface area contributed by atoms with E-state index < -0.39 is 23.9 Å². The van der Waals surface area contributed by atoms with Crippen LogP contribution >= 0.6 is 0 Å². The molecule has 0 saturated heterocycles. The summed E-state index contributed by atoms with van der Waals surface area (Å²) in [6, 6.07) is 5.39. The standard InChI is InChI=1S/C21H18F2N4O2/c1-4-13-7-12(2)18(25-11-13)19(28)26-14-5-6-17(23)16(8-14)21(3)9-15(10-22)29-20(24)27-21/h1,5-9,11H,10H2,2-3H3,(H2,24,27)(H,26,28)/t21-/m0/s1. The third kappa shape index (κ3) is 4.09. The second-order valence-electron chi connectivity index (χ2n) is 6.63. The summed E-state index contributed by atoms with van der Waals surface area (Å²) < 4.78 is 32.6. The van der Waals surface area contributed by atoms with E-state index in [1.165, 1.54) is 30.5 Å². The highest BCUT2D eigenvalue weighted by molar-refractivity contribution is 6.03. The van der Waals surface area contributed by atoms with Gasteiger partial charge in [0.15, 0.2) is 0 Å². The number of nitrogens with one attached hydrogen (secondary N) is 1. The number of amides is 1. The van der Waals surface area contributed by atoms with Crippen molar-refractivity contribution in [1.29, 1.82) is 0 Å². The maximum absolute atomic E-state index is 14.5. The number of hydrogen-bond donors (Lipinski definition) is 2. The summed E-state index contributed by atoms with van der Waals surface area (Å²) in [5.41, 5.74) is 6.07. The third-order valence-electron chi connectivity index (χ3n) is 4.38. The number of aliphatic imine (C=N–C) groups is 1. The van der Waals surface area contributed by atoms with Crippen molar-refractivity contribution in [2.24, 2.45) is 10.7 Å². The van der Waals surface area contributed by atoms with Crippen LogP contribution in [0.25, 0.3) is 0 Å². The number of halogens is 2. The highest BCUT2D eigenvalue weighted by Crippen LogP contribution is 2.35. The molecule has 6 nitrogen and oxygen atoms in total. The number of anilines is 1. The summed E-state index contributed by atoms with van der Waals surface area (Å²) in [6.07, 6.45) is 8.09. The molecule has 1 aliphatic rings.